The summed E-state index contributed by atoms with van der Waals surface area (Å²) in [6.07, 6.45) is 8.76. The Bertz CT molecular complexity index is 274. The van der Waals surface area contributed by atoms with Crippen LogP contribution in [0.3, 0.4) is 0 Å². The molecular weight excluding hydrogens is 198 g/mol. The van der Waals surface area contributed by atoms with Gasteiger partial charge < -0.3 is 4.90 Å². The van der Waals surface area contributed by atoms with Crippen LogP contribution in [-0.2, 0) is 4.79 Å². The highest BCUT2D eigenvalue weighted by Gasteiger charge is 2.26. The zero-order valence-corrected chi connectivity index (χ0v) is 10.5. The highest BCUT2D eigenvalue weighted by atomic mass is 16.2. The van der Waals surface area contributed by atoms with Crippen molar-refractivity contribution in [1.82, 2.24) is 4.90 Å². The number of hydrogen-bond acceptors (Lipinski definition) is 1. The molecule has 3 unspecified atom stereocenters. The van der Waals surface area contributed by atoms with E-state index in [2.05, 4.69) is 30.9 Å². The Morgan fingerprint density at radius 3 is 2.56 bits per heavy atom. The van der Waals surface area contributed by atoms with Gasteiger partial charge in [0.25, 0.3) is 0 Å². The highest BCUT2D eigenvalue weighted by Crippen LogP contribution is 2.25. The van der Waals surface area contributed by atoms with Crippen molar-refractivity contribution >= 4 is 5.91 Å². The van der Waals surface area contributed by atoms with Crippen LogP contribution < -0.4 is 0 Å². The van der Waals surface area contributed by atoms with Crippen molar-refractivity contribution in [3.63, 3.8) is 0 Å². The third-order valence-electron chi connectivity index (χ3n) is 3.77. The van der Waals surface area contributed by atoms with Crippen LogP contribution in [-0.4, -0.2) is 23.9 Å². The van der Waals surface area contributed by atoms with Crippen LogP contribution in [0.2, 0.25) is 0 Å². The van der Waals surface area contributed by atoms with Gasteiger partial charge in [0, 0.05) is 19.5 Å². The van der Waals surface area contributed by atoms with Crippen molar-refractivity contribution in [3.8, 4) is 0 Å². The van der Waals surface area contributed by atoms with E-state index in [9.17, 15) is 4.79 Å². The SMILES string of the molecule is CC1CC(C)CN(C(=O)CC2C=CCC2)C1. The van der Waals surface area contributed by atoms with Crippen molar-refractivity contribution < 1.29 is 4.79 Å². The summed E-state index contributed by atoms with van der Waals surface area (Å²) < 4.78 is 0. The lowest BCUT2D eigenvalue weighted by molar-refractivity contribution is -0.134. The first-order valence-corrected chi connectivity index (χ1v) is 6.59. The maximum Gasteiger partial charge on any atom is 0.223 e. The minimum absolute atomic E-state index is 0.370. The predicted molar refractivity (Wildman–Crippen MR) is 66.0 cm³/mol. The molecule has 0 aromatic heterocycles. The molecule has 0 N–H and O–H groups in total. The molecule has 2 aliphatic rings. The lowest BCUT2D eigenvalue weighted by Crippen LogP contribution is -2.43. The Morgan fingerprint density at radius 2 is 2.00 bits per heavy atom. The molecule has 90 valence electrons. The Morgan fingerprint density at radius 1 is 1.31 bits per heavy atom. The molecule has 1 amide bonds. The molecule has 1 aliphatic carbocycles. The van der Waals surface area contributed by atoms with E-state index >= 15 is 0 Å². The second-order valence-electron chi connectivity index (χ2n) is 5.71. The summed E-state index contributed by atoms with van der Waals surface area (Å²) >= 11 is 0. The summed E-state index contributed by atoms with van der Waals surface area (Å²) in [4.78, 5) is 14.2. The fourth-order valence-electron chi connectivity index (χ4n) is 3.09. The summed E-state index contributed by atoms with van der Waals surface area (Å²) in [5.74, 6) is 2.23. The number of rotatable bonds is 2. The number of likely N-dealkylation sites (tertiary alicyclic amines) is 1. The molecule has 0 spiro atoms. The maximum absolute atomic E-state index is 12.1. The Labute approximate surface area is 98.7 Å². The van der Waals surface area contributed by atoms with Crippen molar-refractivity contribution in [2.24, 2.45) is 17.8 Å². The Hall–Kier alpha value is -0.790. The van der Waals surface area contributed by atoms with Gasteiger partial charge in [0.15, 0.2) is 0 Å². The standard InChI is InChI=1S/C14H23NO/c1-11-7-12(2)10-15(9-11)14(16)8-13-5-3-4-6-13/h3,5,11-13H,4,6-10H2,1-2H3. The number of hydrogen-bond donors (Lipinski definition) is 0. The van der Waals surface area contributed by atoms with E-state index in [1.54, 1.807) is 0 Å². The van der Waals surface area contributed by atoms with Gasteiger partial charge in [-0.1, -0.05) is 26.0 Å². The van der Waals surface area contributed by atoms with E-state index < -0.39 is 0 Å². The summed E-state index contributed by atoms with van der Waals surface area (Å²) in [5, 5.41) is 0. The first-order chi connectivity index (χ1) is 7.65. The van der Waals surface area contributed by atoms with Crippen molar-refractivity contribution in [2.75, 3.05) is 13.1 Å². The molecule has 1 heterocycles. The number of allylic oxidation sites excluding steroid dienone is 2. The minimum Gasteiger partial charge on any atom is -0.342 e. The first kappa shape index (κ1) is 11.7. The largest absolute Gasteiger partial charge is 0.342 e. The molecule has 0 aromatic carbocycles. The monoisotopic (exact) mass is 221 g/mol. The normalized spacial score (nSPS) is 34.4. The van der Waals surface area contributed by atoms with Crippen molar-refractivity contribution in [2.45, 2.75) is 39.5 Å². The van der Waals surface area contributed by atoms with Crippen LogP contribution in [0.1, 0.15) is 39.5 Å². The summed E-state index contributed by atoms with van der Waals surface area (Å²) in [6, 6.07) is 0. The number of carbonyl (C=O) groups excluding carboxylic acids is 1. The van der Waals surface area contributed by atoms with Gasteiger partial charge in [-0.25, -0.2) is 0 Å². The molecule has 0 bridgehead atoms. The molecule has 0 aromatic rings. The molecule has 2 nitrogen and oxygen atoms in total. The van der Waals surface area contributed by atoms with E-state index in [1.807, 2.05) is 0 Å². The van der Waals surface area contributed by atoms with Crippen LogP contribution in [0, 0.1) is 17.8 Å². The molecular formula is C14H23NO. The molecule has 1 aliphatic heterocycles. The van der Waals surface area contributed by atoms with Gasteiger partial charge in [-0.3, -0.25) is 4.79 Å². The third-order valence-corrected chi connectivity index (χ3v) is 3.77. The highest BCUT2D eigenvalue weighted by molar-refractivity contribution is 5.76. The molecule has 0 radical (unpaired) electrons. The van der Waals surface area contributed by atoms with Crippen LogP contribution in [0.25, 0.3) is 0 Å². The molecule has 2 heteroatoms. The quantitative estimate of drug-likeness (QED) is 0.657. The van der Waals surface area contributed by atoms with Gasteiger partial charge in [-0.2, -0.15) is 0 Å². The van der Waals surface area contributed by atoms with Gasteiger partial charge >= 0.3 is 0 Å². The smallest absolute Gasteiger partial charge is 0.223 e. The molecule has 3 atom stereocenters. The van der Waals surface area contributed by atoms with E-state index in [-0.39, 0.29) is 0 Å². The average Bonchev–Trinajstić information content (AvgIpc) is 2.68. The number of carbonyl (C=O) groups is 1. The van der Waals surface area contributed by atoms with Gasteiger partial charge in [0.05, 0.1) is 0 Å². The van der Waals surface area contributed by atoms with E-state index in [4.69, 9.17) is 0 Å². The van der Waals surface area contributed by atoms with Crippen LogP contribution in [0.15, 0.2) is 12.2 Å². The average molecular weight is 221 g/mol. The van der Waals surface area contributed by atoms with E-state index in [1.165, 1.54) is 12.8 Å². The second kappa shape index (κ2) is 5.03. The van der Waals surface area contributed by atoms with Crippen molar-refractivity contribution in [1.29, 1.82) is 0 Å². The summed E-state index contributed by atoms with van der Waals surface area (Å²) in [5.41, 5.74) is 0. The number of piperidine rings is 1. The predicted octanol–water partition coefficient (Wildman–Crippen LogP) is 2.85. The fourth-order valence-corrected chi connectivity index (χ4v) is 3.09. The second-order valence-corrected chi connectivity index (χ2v) is 5.71. The fraction of sp³-hybridized carbons (Fsp3) is 0.786. The molecule has 16 heavy (non-hydrogen) atoms. The first-order valence-electron chi connectivity index (χ1n) is 6.59. The lowest BCUT2D eigenvalue weighted by Gasteiger charge is -2.35. The van der Waals surface area contributed by atoms with Crippen LogP contribution in [0.4, 0.5) is 0 Å². The summed E-state index contributed by atoms with van der Waals surface area (Å²) in [6.45, 7) is 6.45. The maximum atomic E-state index is 12.1. The molecule has 0 saturated carbocycles. The topological polar surface area (TPSA) is 20.3 Å². The zero-order valence-electron chi connectivity index (χ0n) is 10.5. The Balaban J connectivity index is 1.85. The van der Waals surface area contributed by atoms with Crippen LogP contribution in [0.5, 0.6) is 0 Å². The molecule has 1 fully saturated rings. The molecule has 1 saturated heterocycles. The van der Waals surface area contributed by atoms with E-state index in [0.29, 0.717) is 23.7 Å². The van der Waals surface area contributed by atoms with Crippen molar-refractivity contribution in [3.05, 3.63) is 12.2 Å². The van der Waals surface area contributed by atoms with E-state index in [0.717, 1.165) is 25.9 Å². The van der Waals surface area contributed by atoms with Gasteiger partial charge in [-0.15, -0.1) is 0 Å². The lowest BCUT2D eigenvalue weighted by atomic mass is 9.91. The van der Waals surface area contributed by atoms with Crippen LogP contribution >= 0.6 is 0 Å². The van der Waals surface area contributed by atoms with Gasteiger partial charge in [0.2, 0.25) is 5.91 Å². The summed E-state index contributed by atoms with van der Waals surface area (Å²) in [7, 11) is 0. The van der Waals surface area contributed by atoms with Gasteiger partial charge in [-0.05, 0) is 37.0 Å². The minimum atomic E-state index is 0.370. The zero-order chi connectivity index (χ0) is 11.5. The Kier molecular flexibility index (Phi) is 3.67. The number of amides is 1. The third kappa shape index (κ3) is 2.87. The van der Waals surface area contributed by atoms with Gasteiger partial charge in [0.1, 0.15) is 0 Å². The molecule has 2 rings (SSSR count). The number of nitrogens with zero attached hydrogens (tertiary/aromatic N) is 1.